The van der Waals surface area contributed by atoms with Gasteiger partial charge in [0, 0.05) is 17.1 Å². The maximum atomic E-state index is 11.6. The Kier molecular flexibility index (Phi) is 5.70. The maximum absolute atomic E-state index is 11.6. The zero-order chi connectivity index (χ0) is 13.4. The lowest BCUT2D eigenvalue weighted by atomic mass is 10.2. The lowest BCUT2D eigenvalue weighted by Crippen LogP contribution is -2.16. The molecule has 6 nitrogen and oxygen atoms in total. The van der Waals surface area contributed by atoms with E-state index in [-0.39, 0.29) is 5.97 Å². The van der Waals surface area contributed by atoms with Crippen molar-refractivity contribution in [1.29, 1.82) is 0 Å². The first-order valence-corrected chi connectivity index (χ1v) is 5.60. The monoisotopic (exact) mass is 248 g/mol. The van der Waals surface area contributed by atoms with Gasteiger partial charge in [0.25, 0.3) is 0 Å². The predicted octanol–water partition coefficient (Wildman–Crippen LogP) is 2.74. The molecule has 0 radical (unpaired) electrons. The number of rotatable bonds is 6. The molecule has 0 atom stereocenters. The summed E-state index contributed by atoms with van der Waals surface area (Å²) in [6.07, 6.45) is 0.801. The van der Waals surface area contributed by atoms with Gasteiger partial charge in [-0.2, -0.15) is 0 Å². The van der Waals surface area contributed by atoms with E-state index in [1.54, 1.807) is 24.3 Å². The number of esters is 1. The fourth-order valence-electron chi connectivity index (χ4n) is 1.34. The second-order valence-corrected chi connectivity index (χ2v) is 4.03. The summed E-state index contributed by atoms with van der Waals surface area (Å²) in [5.74, 6) is -0.360. The first kappa shape index (κ1) is 14.0. The molecular formula is C12H16N4O2. The fourth-order valence-corrected chi connectivity index (χ4v) is 1.34. The minimum atomic E-state index is -0.360. The summed E-state index contributed by atoms with van der Waals surface area (Å²) in [5.41, 5.74) is 9.18. The molecule has 0 heterocycles. The topological polar surface area (TPSA) is 78.3 Å². The number of benzene rings is 1. The summed E-state index contributed by atoms with van der Waals surface area (Å²) >= 11 is 0. The second kappa shape index (κ2) is 7.32. The van der Waals surface area contributed by atoms with Crippen LogP contribution < -0.4 is 0 Å². The van der Waals surface area contributed by atoms with Gasteiger partial charge in [0.1, 0.15) is 0 Å². The van der Waals surface area contributed by atoms with Gasteiger partial charge in [0.05, 0.1) is 12.2 Å². The van der Waals surface area contributed by atoms with Gasteiger partial charge in [0.2, 0.25) is 0 Å². The van der Waals surface area contributed by atoms with E-state index in [2.05, 4.69) is 10.0 Å². The number of nitrogens with zero attached hydrogens (tertiary/aromatic N) is 4. The molecule has 0 unspecified atom stereocenters. The van der Waals surface area contributed by atoms with Crippen LogP contribution in [0.4, 0.5) is 5.69 Å². The molecule has 18 heavy (non-hydrogen) atoms. The molecule has 0 bridgehead atoms. The molecule has 0 saturated carbocycles. The van der Waals surface area contributed by atoms with Crippen molar-refractivity contribution < 1.29 is 9.53 Å². The van der Waals surface area contributed by atoms with Crippen LogP contribution in [0.15, 0.2) is 29.4 Å². The quantitative estimate of drug-likeness (QED) is 0.255. The smallest absolute Gasteiger partial charge is 0.338 e. The van der Waals surface area contributed by atoms with Gasteiger partial charge in [-0.1, -0.05) is 17.2 Å². The summed E-state index contributed by atoms with van der Waals surface area (Å²) in [6.45, 7) is 1.28. The zero-order valence-electron chi connectivity index (χ0n) is 10.5. The number of hydrogen-bond acceptors (Lipinski definition) is 4. The first-order chi connectivity index (χ1) is 8.63. The number of carbonyl (C=O) groups excluding carboxylic acids is 1. The highest BCUT2D eigenvalue weighted by Gasteiger charge is 2.06. The van der Waals surface area contributed by atoms with Crippen LogP contribution in [-0.4, -0.2) is 38.1 Å². The largest absolute Gasteiger partial charge is 0.462 e. The zero-order valence-corrected chi connectivity index (χ0v) is 10.5. The third kappa shape index (κ3) is 4.86. The SMILES string of the molecule is CN(C)CCCOC(=O)c1ccc(N=[N+]=[N-])cc1. The summed E-state index contributed by atoms with van der Waals surface area (Å²) < 4.78 is 5.11. The van der Waals surface area contributed by atoms with Crippen LogP contribution in [-0.2, 0) is 4.74 Å². The Morgan fingerprint density at radius 1 is 1.39 bits per heavy atom. The standard InChI is InChI=1S/C12H16N4O2/c1-16(2)8-3-9-18-12(17)10-4-6-11(7-5-10)14-15-13/h4-7H,3,8-9H2,1-2H3. The van der Waals surface area contributed by atoms with E-state index < -0.39 is 0 Å². The molecule has 0 fully saturated rings. The minimum Gasteiger partial charge on any atom is -0.462 e. The maximum Gasteiger partial charge on any atom is 0.338 e. The van der Waals surface area contributed by atoms with E-state index in [0.29, 0.717) is 17.9 Å². The number of azide groups is 1. The van der Waals surface area contributed by atoms with E-state index in [0.717, 1.165) is 13.0 Å². The molecule has 0 aliphatic heterocycles. The summed E-state index contributed by atoms with van der Waals surface area (Å²) in [5, 5.41) is 3.42. The van der Waals surface area contributed by atoms with Crippen molar-refractivity contribution in [2.75, 3.05) is 27.2 Å². The Balaban J connectivity index is 2.44. The van der Waals surface area contributed by atoms with E-state index in [4.69, 9.17) is 10.3 Å². The van der Waals surface area contributed by atoms with Crippen molar-refractivity contribution >= 4 is 11.7 Å². The summed E-state index contributed by atoms with van der Waals surface area (Å²) in [4.78, 5) is 16.3. The van der Waals surface area contributed by atoms with Crippen LogP contribution in [0.25, 0.3) is 10.4 Å². The summed E-state index contributed by atoms with van der Waals surface area (Å²) in [7, 11) is 3.94. The normalized spacial score (nSPS) is 9.94. The van der Waals surface area contributed by atoms with Gasteiger partial charge in [-0.25, -0.2) is 4.79 Å². The van der Waals surface area contributed by atoms with E-state index in [1.165, 1.54) is 0 Å². The third-order valence-corrected chi connectivity index (χ3v) is 2.25. The number of ether oxygens (including phenoxy) is 1. The lowest BCUT2D eigenvalue weighted by molar-refractivity contribution is 0.0493. The highest BCUT2D eigenvalue weighted by molar-refractivity contribution is 5.89. The number of carbonyl (C=O) groups is 1. The third-order valence-electron chi connectivity index (χ3n) is 2.25. The van der Waals surface area contributed by atoms with Crippen LogP contribution in [0.5, 0.6) is 0 Å². The fraction of sp³-hybridized carbons (Fsp3) is 0.417. The average Bonchev–Trinajstić information content (AvgIpc) is 2.35. The van der Waals surface area contributed by atoms with Crippen molar-refractivity contribution in [3.05, 3.63) is 40.3 Å². The van der Waals surface area contributed by atoms with Crippen molar-refractivity contribution in [3.63, 3.8) is 0 Å². The second-order valence-electron chi connectivity index (χ2n) is 4.03. The molecule has 0 saturated heterocycles. The molecule has 0 amide bonds. The van der Waals surface area contributed by atoms with Crippen molar-refractivity contribution in [2.45, 2.75) is 6.42 Å². The van der Waals surface area contributed by atoms with E-state index >= 15 is 0 Å². The highest BCUT2D eigenvalue weighted by Crippen LogP contribution is 2.13. The molecule has 0 N–H and O–H groups in total. The van der Waals surface area contributed by atoms with Gasteiger partial charge in [-0.15, -0.1) is 0 Å². The molecule has 1 rings (SSSR count). The molecule has 0 aliphatic rings. The Labute approximate surface area is 106 Å². The molecule has 6 heteroatoms. The van der Waals surface area contributed by atoms with Crippen LogP contribution in [0.1, 0.15) is 16.8 Å². The number of hydrogen-bond donors (Lipinski definition) is 0. The van der Waals surface area contributed by atoms with Gasteiger partial charge in [-0.3, -0.25) is 0 Å². The average molecular weight is 248 g/mol. The van der Waals surface area contributed by atoms with Crippen molar-refractivity contribution in [2.24, 2.45) is 5.11 Å². The van der Waals surface area contributed by atoms with Crippen molar-refractivity contribution in [1.82, 2.24) is 4.90 Å². The highest BCUT2D eigenvalue weighted by atomic mass is 16.5. The van der Waals surface area contributed by atoms with E-state index in [9.17, 15) is 4.79 Å². The predicted molar refractivity (Wildman–Crippen MR) is 68.7 cm³/mol. The minimum absolute atomic E-state index is 0.360. The Hall–Kier alpha value is -2.04. The Morgan fingerprint density at radius 3 is 2.61 bits per heavy atom. The van der Waals surface area contributed by atoms with Gasteiger partial charge < -0.3 is 9.64 Å². The van der Waals surface area contributed by atoms with Gasteiger partial charge in [-0.05, 0) is 38.2 Å². The molecular weight excluding hydrogens is 232 g/mol. The van der Waals surface area contributed by atoms with Crippen LogP contribution in [0.2, 0.25) is 0 Å². The Bertz CT molecular complexity index is 436. The van der Waals surface area contributed by atoms with Crippen molar-refractivity contribution in [3.8, 4) is 0 Å². The molecule has 1 aromatic carbocycles. The van der Waals surface area contributed by atoms with E-state index in [1.807, 2.05) is 19.0 Å². The molecule has 1 aromatic rings. The lowest BCUT2D eigenvalue weighted by Gasteiger charge is -2.09. The van der Waals surface area contributed by atoms with Crippen LogP contribution >= 0.6 is 0 Å². The molecule has 96 valence electrons. The molecule has 0 aromatic heterocycles. The Morgan fingerprint density at radius 2 is 2.06 bits per heavy atom. The van der Waals surface area contributed by atoms with Gasteiger partial charge in [0.15, 0.2) is 0 Å². The summed E-state index contributed by atoms with van der Waals surface area (Å²) in [6, 6.07) is 6.32. The van der Waals surface area contributed by atoms with Crippen LogP contribution in [0, 0.1) is 0 Å². The molecule has 0 aliphatic carbocycles. The van der Waals surface area contributed by atoms with Gasteiger partial charge >= 0.3 is 5.97 Å². The first-order valence-electron chi connectivity index (χ1n) is 5.60. The molecule has 0 spiro atoms. The van der Waals surface area contributed by atoms with Crippen LogP contribution in [0.3, 0.4) is 0 Å².